The lowest BCUT2D eigenvalue weighted by Crippen LogP contribution is -2.55. The molecule has 0 spiro atoms. The van der Waals surface area contributed by atoms with Crippen LogP contribution in [0.25, 0.3) is 10.9 Å². The summed E-state index contributed by atoms with van der Waals surface area (Å²) in [5.41, 5.74) is 2.27. The first-order valence-electron chi connectivity index (χ1n) is 9.25. The van der Waals surface area contributed by atoms with Gasteiger partial charge in [-0.15, -0.1) is 11.3 Å². The van der Waals surface area contributed by atoms with Gasteiger partial charge < -0.3 is 14.5 Å². The van der Waals surface area contributed by atoms with Crippen molar-refractivity contribution in [2.45, 2.75) is 13.0 Å². The first-order chi connectivity index (χ1) is 13.2. The molecule has 4 heterocycles. The summed E-state index contributed by atoms with van der Waals surface area (Å²) in [7, 11) is 1.67. The molecule has 27 heavy (non-hydrogen) atoms. The van der Waals surface area contributed by atoms with E-state index in [1.807, 2.05) is 29.2 Å². The minimum absolute atomic E-state index is 0.0820. The summed E-state index contributed by atoms with van der Waals surface area (Å²) in [6.45, 7) is 3.12. The maximum atomic E-state index is 12.8. The van der Waals surface area contributed by atoms with E-state index >= 15 is 0 Å². The molecule has 2 aromatic heterocycles. The van der Waals surface area contributed by atoms with Crippen LogP contribution >= 0.6 is 11.3 Å². The number of aromatic nitrogens is 1. The minimum atomic E-state index is 0.0820. The van der Waals surface area contributed by atoms with E-state index in [-0.39, 0.29) is 11.8 Å². The lowest BCUT2D eigenvalue weighted by atomic mass is 9.97. The van der Waals surface area contributed by atoms with Gasteiger partial charge in [0.25, 0.3) is 0 Å². The van der Waals surface area contributed by atoms with Crippen LogP contribution < -0.4 is 9.64 Å². The largest absolute Gasteiger partial charge is 0.497 e. The lowest BCUT2D eigenvalue weighted by molar-refractivity contribution is -0.137. The highest BCUT2D eigenvalue weighted by Crippen LogP contribution is 2.30. The van der Waals surface area contributed by atoms with Gasteiger partial charge in [-0.2, -0.15) is 0 Å². The molecular formula is C21H21N3O2S. The molecule has 5 rings (SSSR count). The van der Waals surface area contributed by atoms with Gasteiger partial charge in [0.15, 0.2) is 0 Å². The van der Waals surface area contributed by atoms with Crippen LogP contribution in [0.3, 0.4) is 0 Å². The van der Waals surface area contributed by atoms with E-state index in [0.717, 1.165) is 55.1 Å². The Hall–Kier alpha value is -2.60. The van der Waals surface area contributed by atoms with Crippen LogP contribution in [0.4, 0.5) is 5.82 Å². The fourth-order valence-corrected chi connectivity index (χ4v) is 4.80. The second kappa shape index (κ2) is 6.53. The Labute approximate surface area is 162 Å². The predicted molar refractivity (Wildman–Crippen MR) is 107 cm³/mol. The van der Waals surface area contributed by atoms with E-state index in [2.05, 4.69) is 22.4 Å². The monoisotopic (exact) mass is 379 g/mol. The number of pyridine rings is 1. The van der Waals surface area contributed by atoms with Gasteiger partial charge in [-0.25, -0.2) is 4.98 Å². The number of thiophene rings is 1. The van der Waals surface area contributed by atoms with Crippen LogP contribution in [0.1, 0.15) is 10.4 Å². The first kappa shape index (κ1) is 16.6. The molecule has 1 aromatic carbocycles. The number of fused-ring (bicyclic) bond motifs is 2. The van der Waals surface area contributed by atoms with E-state index in [1.165, 1.54) is 10.4 Å². The van der Waals surface area contributed by atoms with Crippen molar-refractivity contribution in [2.24, 2.45) is 5.92 Å². The molecule has 1 fully saturated rings. The van der Waals surface area contributed by atoms with Crippen molar-refractivity contribution < 1.29 is 9.53 Å². The lowest BCUT2D eigenvalue weighted by Gasteiger charge is -2.42. The topological polar surface area (TPSA) is 45.7 Å². The third-order valence-electron chi connectivity index (χ3n) is 5.56. The molecule has 0 aliphatic carbocycles. The summed E-state index contributed by atoms with van der Waals surface area (Å²) < 4.78 is 5.27. The number of nitrogens with zero attached hydrogens (tertiary/aromatic N) is 3. The van der Waals surface area contributed by atoms with Crippen molar-refractivity contribution in [3.63, 3.8) is 0 Å². The molecule has 2 aliphatic rings. The molecule has 0 unspecified atom stereocenters. The van der Waals surface area contributed by atoms with Gasteiger partial charge in [0.05, 0.1) is 18.5 Å². The number of amides is 1. The summed E-state index contributed by atoms with van der Waals surface area (Å²) in [6.07, 6.45) is 0.991. The fourth-order valence-electron chi connectivity index (χ4n) is 3.91. The van der Waals surface area contributed by atoms with E-state index in [1.54, 1.807) is 18.4 Å². The Bertz CT molecular complexity index is 1010. The highest BCUT2D eigenvalue weighted by molar-refractivity contribution is 7.10. The quantitative estimate of drug-likeness (QED) is 0.700. The van der Waals surface area contributed by atoms with Crippen molar-refractivity contribution in [1.82, 2.24) is 9.88 Å². The molecule has 5 nitrogen and oxygen atoms in total. The average molecular weight is 379 g/mol. The predicted octanol–water partition coefficient (Wildman–Crippen LogP) is 3.33. The van der Waals surface area contributed by atoms with Crippen LogP contribution in [-0.4, -0.2) is 42.5 Å². The van der Waals surface area contributed by atoms with E-state index in [9.17, 15) is 4.79 Å². The maximum absolute atomic E-state index is 12.8. The molecule has 0 saturated carbocycles. The normalized spacial score (nSPS) is 16.9. The van der Waals surface area contributed by atoms with E-state index in [4.69, 9.17) is 9.72 Å². The highest BCUT2D eigenvalue weighted by atomic mass is 32.1. The van der Waals surface area contributed by atoms with Gasteiger partial charge in [-0.1, -0.05) is 0 Å². The molecule has 1 saturated heterocycles. The molecule has 6 heteroatoms. The summed E-state index contributed by atoms with van der Waals surface area (Å²) in [5, 5.41) is 3.19. The third kappa shape index (κ3) is 2.94. The SMILES string of the molecule is COc1ccc2nc(N3CC(C(=O)N4CCc5sccc5C4)C3)ccc2c1. The zero-order valence-corrected chi connectivity index (χ0v) is 16.0. The van der Waals surface area contributed by atoms with Crippen LogP contribution in [0, 0.1) is 5.92 Å². The Kier molecular flexibility index (Phi) is 4.01. The highest BCUT2D eigenvalue weighted by Gasteiger charge is 2.37. The van der Waals surface area contributed by atoms with Crippen molar-refractivity contribution in [2.75, 3.05) is 31.6 Å². The zero-order valence-electron chi connectivity index (χ0n) is 15.2. The minimum Gasteiger partial charge on any atom is -0.497 e. The molecule has 2 aliphatic heterocycles. The average Bonchev–Trinajstić information content (AvgIpc) is 3.14. The fraction of sp³-hybridized carbons (Fsp3) is 0.333. The van der Waals surface area contributed by atoms with E-state index in [0.29, 0.717) is 0 Å². The van der Waals surface area contributed by atoms with Crippen molar-refractivity contribution in [1.29, 1.82) is 0 Å². The number of ether oxygens (including phenoxy) is 1. The number of hydrogen-bond acceptors (Lipinski definition) is 5. The Morgan fingerprint density at radius 3 is 2.96 bits per heavy atom. The van der Waals surface area contributed by atoms with Gasteiger partial charge in [-0.05, 0) is 53.8 Å². The van der Waals surface area contributed by atoms with Gasteiger partial charge >= 0.3 is 0 Å². The number of anilines is 1. The molecule has 1 amide bonds. The van der Waals surface area contributed by atoms with Crippen LogP contribution in [0.5, 0.6) is 5.75 Å². The van der Waals surface area contributed by atoms with Gasteiger partial charge in [0.1, 0.15) is 11.6 Å². The number of methoxy groups -OCH3 is 1. The third-order valence-corrected chi connectivity index (χ3v) is 6.58. The summed E-state index contributed by atoms with van der Waals surface area (Å²) >= 11 is 1.81. The Balaban J connectivity index is 1.25. The second-order valence-corrected chi connectivity index (χ2v) is 8.21. The smallest absolute Gasteiger partial charge is 0.229 e. The first-order valence-corrected chi connectivity index (χ1v) is 10.1. The Morgan fingerprint density at radius 2 is 2.11 bits per heavy atom. The van der Waals surface area contributed by atoms with Gasteiger partial charge in [0.2, 0.25) is 5.91 Å². The molecule has 3 aromatic rings. The molecule has 0 radical (unpaired) electrons. The summed E-state index contributed by atoms with van der Waals surface area (Å²) in [5.74, 6) is 2.14. The van der Waals surface area contributed by atoms with Crippen molar-refractivity contribution >= 4 is 34.0 Å². The number of benzene rings is 1. The van der Waals surface area contributed by atoms with Crippen molar-refractivity contribution in [3.8, 4) is 5.75 Å². The number of rotatable bonds is 3. The van der Waals surface area contributed by atoms with Crippen molar-refractivity contribution in [3.05, 3.63) is 52.2 Å². The second-order valence-electron chi connectivity index (χ2n) is 7.21. The maximum Gasteiger partial charge on any atom is 0.229 e. The molecule has 138 valence electrons. The standard InChI is InChI=1S/C21H21N3O2S/c1-26-17-3-4-18-14(10-17)2-5-20(22-18)24-12-16(13-24)21(25)23-8-6-19-15(11-23)7-9-27-19/h2-5,7,9-10,16H,6,8,11-13H2,1H3. The van der Waals surface area contributed by atoms with Crippen LogP contribution in [0.15, 0.2) is 41.8 Å². The molecular weight excluding hydrogens is 358 g/mol. The van der Waals surface area contributed by atoms with Gasteiger partial charge in [0, 0.05) is 36.4 Å². The van der Waals surface area contributed by atoms with Crippen LogP contribution in [-0.2, 0) is 17.8 Å². The summed E-state index contributed by atoms with van der Waals surface area (Å²) in [4.78, 5) is 23.2. The van der Waals surface area contributed by atoms with E-state index < -0.39 is 0 Å². The number of carbonyl (C=O) groups excluding carboxylic acids is 1. The summed E-state index contributed by atoms with van der Waals surface area (Å²) in [6, 6.07) is 12.1. The van der Waals surface area contributed by atoms with Crippen LogP contribution in [0.2, 0.25) is 0 Å². The molecule has 0 bridgehead atoms. The molecule has 0 N–H and O–H groups in total. The zero-order chi connectivity index (χ0) is 18.4. The number of hydrogen-bond donors (Lipinski definition) is 0. The Morgan fingerprint density at radius 1 is 1.22 bits per heavy atom. The molecule has 0 atom stereocenters. The van der Waals surface area contributed by atoms with Gasteiger partial charge in [-0.3, -0.25) is 4.79 Å². The number of carbonyl (C=O) groups is 1.